The number of carbonyl (C=O) groups is 1. The van der Waals surface area contributed by atoms with Crippen molar-refractivity contribution in [1.29, 1.82) is 0 Å². The van der Waals surface area contributed by atoms with Gasteiger partial charge in [-0.15, -0.1) is 10.2 Å². The van der Waals surface area contributed by atoms with Crippen LogP contribution >= 0.6 is 0 Å². The molecule has 3 aromatic rings. The third-order valence-corrected chi connectivity index (χ3v) is 3.97. The molecule has 0 fully saturated rings. The Bertz CT molecular complexity index is 870. The van der Waals surface area contributed by atoms with E-state index in [1.165, 1.54) is 6.39 Å². The lowest BCUT2D eigenvalue weighted by Crippen LogP contribution is -2.03. The molecule has 1 amide bonds. The number of hydrogen-bond donors (Lipinski definition) is 1. The van der Waals surface area contributed by atoms with Crippen molar-refractivity contribution in [2.45, 2.75) is 13.3 Å². The Balaban J connectivity index is 1.83. The van der Waals surface area contributed by atoms with Crippen LogP contribution < -0.4 is 5.32 Å². The van der Waals surface area contributed by atoms with Crippen LogP contribution in [0.15, 0.2) is 47.2 Å². The third-order valence-electron chi connectivity index (χ3n) is 3.97. The molecule has 2 heterocycles. The molecule has 5 nitrogen and oxygen atoms in total. The van der Waals surface area contributed by atoms with Gasteiger partial charge in [-0.05, 0) is 47.4 Å². The molecule has 0 spiro atoms. The fourth-order valence-electron chi connectivity index (χ4n) is 2.87. The van der Waals surface area contributed by atoms with Gasteiger partial charge in [0.2, 0.25) is 18.2 Å². The van der Waals surface area contributed by atoms with Crippen molar-refractivity contribution < 1.29 is 9.21 Å². The van der Waals surface area contributed by atoms with Gasteiger partial charge in [0.15, 0.2) is 0 Å². The summed E-state index contributed by atoms with van der Waals surface area (Å²) in [5.41, 5.74) is 6.10. The SMILES string of the molecule is Cc1c(-c2ccc3c(c2)CC(=O)N3)cccc1-c1nnco1. The monoisotopic (exact) mass is 291 g/mol. The summed E-state index contributed by atoms with van der Waals surface area (Å²) < 4.78 is 5.30. The van der Waals surface area contributed by atoms with Gasteiger partial charge in [-0.2, -0.15) is 0 Å². The Morgan fingerprint density at radius 1 is 1.18 bits per heavy atom. The van der Waals surface area contributed by atoms with Crippen molar-refractivity contribution in [1.82, 2.24) is 10.2 Å². The lowest BCUT2D eigenvalue weighted by atomic mass is 9.95. The fraction of sp³-hybridized carbons (Fsp3) is 0.118. The Kier molecular flexibility index (Phi) is 2.79. The minimum absolute atomic E-state index is 0.0449. The molecule has 1 N–H and O–H groups in total. The van der Waals surface area contributed by atoms with Crippen LogP contribution in [0.3, 0.4) is 0 Å². The van der Waals surface area contributed by atoms with Crippen molar-refractivity contribution in [3.63, 3.8) is 0 Å². The summed E-state index contributed by atoms with van der Waals surface area (Å²) in [6.07, 6.45) is 1.76. The van der Waals surface area contributed by atoms with E-state index in [9.17, 15) is 4.79 Å². The number of nitrogens with zero attached hydrogens (tertiary/aromatic N) is 2. The highest BCUT2D eigenvalue weighted by Crippen LogP contribution is 2.34. The number of nitrogens with one attached hydrogen (secondary N) is 1. The maximum atomic E-state index is 11.5. The molecule has 0 bridgehead atoms. The van der Waals surface area contributed by atoms with Crippen molar-refractivity contribution in [2.24, 2.45) is 0 Å². The molecule has 4 rings (SSSR count). The Morgan fingerprint density at radius 2 is 2.05 bits per heavy atom. The maximum absolute atomic E-state index is 11.5. The molecular weight excluding hydrogens is 278 g/mol. The van der Waals surface area contributed by atoms with E-state index in [4.69, 9.17) is 4.42 Å². The first-order valence-corrected chi connectivity index (χ1v) is 7.01. The van der Waals surface area contributed by atoms with E-state index in [0.29, 0.717) is 12.3 Å². The molecule has 5 heteroatoms. The molecule has 1 aliphatic heterocycles. The number of anilines is 1. The number of fused-ring (bicyclic) bond motifs is 1. The quantitative estimate of drug-likeness (QED) is 0.787. The predicted octanol–water partition coefficient (Wildman–Crippen LogP) is 3.21. The van der Waals surface area contributed by atoms with E-state index in [1.807, 2.05) is 31.2 Å². The summed E-state index contributed by atoms with van der Waals surface area (Å²) in [6.45, 7) is 2.03. The molecule has 2 aromatic carbocycles. The van der Waals surface area contributed by atoms with E-state index in [1.54, 1.807) is 0 Å². The maximum Gasteiger partial charge on any atom is 0.247 e. The number of carbonyl (C=O) groups excluding carboxylic acids is 1. The molecule has 0 radical (unpaired) electrons. The zero-order valence-electron chi connectivity index (χ0n) is 12.0. The molecule has 0 saturated heterocycles. The molecule has 0 saturated carbocycles. The van der Waals surface area contributed by atoms with Gasteiger partial charge in [-0.1, -0.05) is 18.2 Å². The van der Waals surface area contributed by atoms with Gasteiger partial charge in [0, 0.05) is 11.3 Å². The molecule has 0 atom stereocenters. The van der Waals surface area contributed by atoms with Crippen molar-refractivity contribution >= 4 is 11.6 Å². The van der Waals surface area contributed by atoms with Crippen LogP contribution in [-0.2, 0) is 11.2 Å². The smallest absolute Gasteiger partial charge is 0.247 e. The van der Waals surface area contributed by atoms with Gasteiger partial charge in [0.1, 0.15) is 0 Å². The number of rotatable bonds is 2. The first kappa shape index (κ1) is 12.8. The molecule has 1 aliphatic rings. The summed E-state index contributed by atoms with van der Waals surface area (Å²) in [5, 5.41) is 10.6. The average Bonchev–Trinajstić information content (AvgIpc) is 3.15. The van der Waals surface area contributed by atoms with Gasteiger partial charge in [-0.3, -0.25) is 4.79 Å². The lowest BCUT2D eigenvalue weighted by molar-refractivity contribution is -0.115. The largest absolute Gasteiger partial charge is 0.423 e. The van der Waals surface area contributed by atoms with Crippen LogP contribution in [0.5, 0.6) is 0 Å². The van der Waals surface area contributed by atoms with Crippen LogP contribution in [0.2, 0.25) is 0 Å². The van der Waals surface area contributed by atoms with Crippen LogP contribution in [0.4, 0.5) is 5.69 Å². The summed E-state index contributed by atoms with van der Waals surface area (Å²) in [7, 11) is 0. The highest BCUT2D eigenvalue weighted by atomic mass is 16.4. The first-order valence-electron chi connectivity index (χ1n) is 7.01. The zero-order chi connectivity index (χ0) is 15.1. The van der Waals surface area contributed by atoms with Crippen molar-refractivity contribution in [2.75, 3.05) is 5.32 Å². The number of amides is 1. The Morgan fingerprint density at radius 3 is 2.86 bits per heavy atom. The van der Waals surface area contributed by atoms with Gasteiger partial charge in [-0.25, -0.2) is 0 Å². The van der Waals surface area contributed by atoms with Gasteiger partial charge < -0.3 is 9.73 Å². The van der Waals surface area contributed by atoms with E-state index < -0.39 is 0 Å². The topological polar surface area (TPSA) is 68.0 Å². The Hall–Kier alpha value is -2.95. The molecule has 0 aliphatic carbocycles. The van der Waals surface area contributed by atoms with Crippen LogP contribution in [-0.4, -0.2) is 16.1 Å². The van der Waals surface area contributed by atoms with Gasteiger partial charge in [0.25, 0.3) is 0 Å². The fourth-order valence-corrected chi connectivity index (χ4v) is 2.87. The van der Waals surface area contributed by atoms with E-state index in [0.717, 1.165) is 33.5 Å². The second-order valence-electron chi connectivity index (χ2n) is 5.32. The second kappa shape index (κ2) is 4.80. The standard InChI is InChI=1S/C17H13N3O2/c1-10-13(3-2-4-14(10)17-20-18-9-22-17)11-5-6-15-12(7-11)8-16(21)19-15/h2-7,9H,8H2,1H3,(H,19,21). The summed E-state index contributed by atoms with van der Waals surface area (Å²) in [5.74, 6) is 0.556. The lowest BCUT2D eigenvalue weighted by Gasteiger charge is -2.10. The van der Waals surface area contributed by atoms with Crippen molar-refractivity contribution in [3.8, 4) is 22.6 Å². The minimum atomic E-state index is 0.0449. The summed E-state index contributed by atoms with van der Waals surface area (Å²) in [4.78, 5) is 11.5. The average molecular weight is 291 g/mol. The highest BCUT2D eigenvalue weighted by molar-refractivity contribution is 5.99. The van der Waals surface area contributed by atoms with E-state index in [-0.39, 0.29) is 5.91 Å². The minimum Gasteiger partial charge on any atom is -0.423 e. The molecule has 1 aromatic heterocycles. The molecule has 108 valence electrons. The summed E-state index contributed by atoms with van der Waals surface area (Å²) >= 11 is 0. The second-order valence-corrected chi connectivity index (χ2v) is 5.32. The highest BCUT2D eigenvalue weighted by Gasteiger charge is 2.19. The van der Waals surface area contributed by atoms with Crippen LogP contribution in [0.1, 0.15) is 11.1 Å². The molecular formula is C17H13N3O2. The van der Waals surface area contributed by atoms with Crippen molar-refractivity contribution in [3.05, 3.63) is 53.9 Å². The summed E-state index contributed by atoms with van der Waals surface area (Å²) in [6, 6.07) is 12.0. The predicted molar refractivity (Wildman–Crippen MR) is 82.2 cm³/mol. The molecule has 0 unspecified atom stereocenters. The van der Waals surface area contributed by atoms with Crippen LogP contribution in [0, 0.1) is 6.92 Å². The number of hydrogen-bond acceptors (Lipinski definition) is 4. The third kappa shape index (κ3) is 1.98. The number of benzene rings is 2. The Labute approximate surface area is 127 Å². The molecule has 22 heavy (non-hydrogen) atoms. The van der Waals surface area contributed by atoms with Gasteiger partial charge >= 0.3 is 0 Å². The van der Waals surface area contributed by atoms with Crippen LogP contribution in [0.25, 0.3) is 22.6 Å². The van der Waals surface area contributed by atoms with E-state index >= 15 is 0 Å². The van der Waals surface area contributed by atoms with E-state index in [2.05, 4.69) is 27.6 Å². The zero-order valence-corrected chi connectivity index (χ0v) is 12.0. The normalized spacial score (nSPS) is 13.0. The van der Waals surface area contributed by atoms with Gasteiger partial charge in [0.05, 0.1) is 6.42 Å². The number of aromatic nitrogens is 2. The first-order chi connectivity index (χ1) is 10.7.